The predicted octanol–water partition coefficient (Wildman–Crippen LogP) is 3.54. The fourth-order valence-electron chi connectivity index (χ4n) is 2.55. The smallest absolute Gasteiger partial charge is 0.185 e. The molecule has 20 heavy (non-hydrogen) atoms. The number of Topliss-reactive ketones (excluding diaryl/α,β-unsaturated/α-hetero) is 1. The molecular weight excluding hydrogens is 288 g/mol. The number of fused-ring (bicyclic) bond motifs is 1. The van der Waals surface area contributed by atoms with E-state index < -0.39 is 10.8 Å². The van der Waals surface area contributed by atoms with E-state index >= 15 is 0 Å². The first kappa shape index (κ1) is 13.7. The van der Waals surface area contributed by atoms with Crippen molar-refractivity contribution >= 4 is 27.9 Å². The molecule has 104 valence electrons. The molecule has 0 fully saturated rings. The van der Waals surface area contributed by atoms with E-state index in [1.54, 1.807) is 0 Å². The molecule has 1 aromatic heterocycles. The Bertz CT molecular complexity index is 686. The van der Waals surface area contributed by atoms with E-state index in [0.29, 0.717) is 4.88 Å². The highest BCUT2D eigenvalue weighted by molar-refractivity contribution is 7.85. The van der Waals surface area contributed by atoms with Gasteiger partial charge in [-0.1, -0.05) is 6.07 Å². The van der Waals surface area contributed by atoms with Gasteiger partial charge in [0.05, 0.1) is 21.4 Å². The standard InChI is InChI=1S/C16H16O2S2/c1-11-5-8-16(19-11)15(17)10-20(18)14-7-6-12-3-2-4-13(12)9-14/h5-9H,2-4,10H2,1H3. The molecule has 0 N–H and O–H groups in total. The van der Waals surface area contributed by atoms with Crippen LogP contribution >= 0.6 is 11.3 Å². The van der Waals surface area contributed by atoms with E-state index in [4.69, 9.17) is 0 Å². The number of aryl methyl sites for hydroxylation is 3. The van der Waals surface area contributed by atoms with Crippen molar-refractivity contribution in [3.05, 3.63) is 51.2 Å². The van der Waals surface area contributed by atoms with Gasteiger partial charge in [-0.3, -0.25) is 9.00 Å². The van der Waals surface area contributed by atoms with Crippen LogP contribution in [0.25, 0.3) is 0 Å². The van der Waals surface area contributed by atoms with Gasteiger partial charge in [0.15, 0.2) is 5.78 Å². The zero-order valence-corrected chi connectivity index (χ0v) is 13.0. The Morgan fingerprint density at radius 2 is 2.00 bits per heavy atom. The average molecular weight is 304 g/mol. The fourth-order valence-corrected chi connectivity index (χ4v) is 4.50. The third-order valence-electron chi connectivity index (χ3n) is 3.61. The van der Waals surface area contributed by atoms with Crippen molar-refractivity contribution < 1.29 is 9.00 Å². The molecule has 0 bridgehead atoms. The molecule has 0 radical (unpaired) electrons. The highest BCUT2D eigenvalue weighted by Gasteiger charge is 2.17. The largest absolute Gasteiger partial charge is 0.292 e. The van der Waals surface area contributed by atoms with Crippen LogP contribution in [0.2, 0.25) is 0 Å². The SMILES string of the molecule is Cc1ccc(C(=O)CS(=O)c2ccc3c(c2)CCC3)s1. The van der Waals surface area contributed by atoms with Gasteiger partial charge in [-0.25, -0.2) is 0 Å². The van der Waals surface area contributed by atoms with Crippen LogP contribution in [0.15, 0.2) is 35.2 Å². The highest BCUT2D eigenvalue weighted by atomic mass is 32.2. The normalized spacial score (nSPS) is 15.1. The Balaban J connectivity index is 1.75. The van der Waals surface area contributed by atoms with Crippen molar-refractivity contribution in [3.63, 3.8) is 0 Å². The maximum absolute atomic E-state index is 12.3. The third kappa shape index (κ3) is 2.76. The number of benzene rings is 1. The molecule has 1 atom stereocenters. The van der Waals surface area contributed by atoms with Crippen molar-refractivity contribution in [2.75, 3.05) is 5.75 Å². The maximum atomic E-state index is 12.3. The van der Waals surface area contributed by atoms with Crippen molar-refractivity contribution in [2.45, 2.75) is 31.1 Å². The Kier molecular flexibility index (Phi) is 3.85. The number of hydrogen-bond acceptors (Lipinski definition) is 3. The molecule has 0 amide bonds. The second kappa shape index (κ2) is 5.62. The lowest BCUT2D eigenvalue weighted by Crippen LogP contribution is -2.10. The lowest BCUT2D eigenvalue weighted by molar-refractivity contribution is 0.102. The minimum Gasteiger partial charge on any atom is -0.292 e. The molecule has 2 nitrogen and oxygen atoms in total. The fraction of sp³-hybridized carbons (Fsp3) is 0.312. The summed E-state index contributed by atoms with van der Waals surface area (Å²) < 4.78 is 12.3. The number of rotatable bonds is 4. The first-order valence-electron chi connectivity index (χ1n) is 6.73. The van der Waals surface area contributed by atoms with Gasteiger partial charge in [-0.05, 0) is 61.6 Å². The summed E-state index contributed by atoms with van der Waals surface area (Å²) in [6, 6.07) is 9.74. The molecule has 1 aliphatic rings. The number of carbonyl (C=O) groups excluding carboxylic acids is 1. The minimum absolute atomic E-state index is 0.0260. The molecule has 1 aliphatic carbocycles. The van der Waals surface area contributed by atoms with Crippen LogP contribution in [0, 0.1) is 6.92 Å². The Morgan fingerprint density at radius 3 is 2.75 bits per heavy atom. The first-order valence-corrected chi connectivity index (χ1v) is 8.87. The summed E-state index contributed by atoms with van der Waals surface area (Å²) in [5, 5.41) is 0. The average Bonchev–Trinajstić information content (AvgIpc) is 3.05. The van der Waals surface area contributed by atoms with E-state index in [2.05, 4.69) is 6.07 Å². The zero-order chi connectivity index (χ0) is 14.1. The predicted molar refractivity (Wildman–Crippen MR) is 83.1 cm³/mol. The van der Waals surface area contributed by atoms with Gasteiger partial charge < -0.3 is 0 Å². The molecule has 0 saturated carbocycles. The molecule has 1 unspecified atom stereocenters. The van der Waals surface area contributed by atoms with Crippen molar-refractivity contribution in [1.82, 2.24) is 0 Å². The van der Waals surface area contributed by atoms with Crippen LogP contribution in [0.3, 0.4) is 0 Å². The van der Waals surface area contributed by atoms with E-state index in [9.17, 15) is 9.00 Å². The lowest BCUT2D eigenvalue weighted by atomic mass is 10.1. The van der Waals surface area contributed by atoms with Crippen LogP contribution in [-0.2, 0) is 23.6 Å². The van der Waals surface area contributed by atoms with Gasteiger partial charge in [-0.15, -0.1) is 11.3 Å². The molecule has 1 aromatic carbocycles. The van der Waals surface area contributed by atoms with E-state index in [0.717, 1.165) is 22.6 Å². The molecule has 3 rings (SSSR count). The van der Waals surface area contributed by atoms with Gasteiger partial charge in [0.1, 0.15) is 0 Å². The quantitative estimate of drug-likeness (QED) is 0.810. The Labute approximate surface area is 125 Å². The van der Waals surface area contributed by atoms with Crippen LogP contribution < -0.4 is 0 Å². The number of hydrogen-bond donors (Lipinski definition) is 0. The number of ketones is 1. The van der Waals surface area contributed by atoms with Gasteiger partial charge in [-0.2, -0.15) is 0 Å². The van der Waals surface area contributed by atoms with E-state index in [1.165, 1.54) is 28.9 Å². The first-order chi connectivity index (χ1) is 9.63. The summed E-state index contributed by atoms with van der Waals surface area (Å²) in [7, 11) is -1.24. The third-order valence-corrected chi connectivity index (χ3v) is 5.96. The molecule has 0 spiro atoms. The van der Waals surface area contributed by atoms with Crippen molar-refractivity contribution in [3.8, 4) is 0 Å². The number of thiophene rings is 1. The van der Waals surface area contributed by atoms with Gasteiger partial charge in [0, 0.05) is 9.77 Å². The highest BCUT2D eigenvalue weighted by Crippen LogP contribution is 2.24. The summed E-state index contributed by atoms with van der Waals surface area (Å²) in [4.78, 5) is 14.7. The maximum Gasteiger partial charge on any atom is 0.185 e. The summed E-state index contributed by atoms with van der Waals surface area (Å²) in [6.07, 6.45) is 3.37. The summed E-state index contributed by atoms with van der Waals surface area (Å²) in [5.74, 6) is 0.0561. The minimum atomic E-state index is -1.24. The summed E-state index contributed by atoms with van der Waals surface area (Å²) >= 11 is 1.47. The molecule has 0 aliphatic heterocycles. The van der Waals surface area contributed by atoms with Gasteiger partial charge in [0.25, 0.3) is 0 Å². The van der Waals surface area contributed by atoms with E-state index in [1.807, 2.05) is 31.2 Å². The molecule has 4 heteroatoms. The Hall–Kier alpha value is -1.26. The monoisotopic (exact) mass is 304 g/mol. The van der Waals surface area contributed by atoms with Crippen LogP contribution in [0.5, 0.6) is 0 Å². The van der Waals surface area contributed by atoms with E-state index in [-0.39, 0.29) is 11.5 Å². The van der Waals surface area contributed by atoms with Crippen LogP contribution in [0.1, 0.15) is 32.1 Å². The topological polar surface area (TPSA) is 34.1 Å². The zero-order valence-electron chi connectivity index (χ0n) is 11.3. The molecular formula is C16H16O2S2. The summed E-state index contributed by atoms with van der Waals surface area (Å²) in [5.41, 5.74) is 2.67. The molecule has 0 saturated heterocycles. The Morgan fingerprint density at radius 1 is 1.20 bits per heavy atom. The van der Waals surface area contributed by atoms with Gasteiger partial charge in [0.2, 0.25) is 0 Å². The van der Waals surface area contributed by atoms with Crippen molar-refractivity contribution in [2.24, 2.45) is 0 Å². The van der Waals surface area contributed by atoms with Crippen LogP contribution in [-0.4, -0.2) is 15.7 Å². The molecule has 1 heterocycles. The summed E-state index contributed by atoms with van der Waals surface area (Å²) in [6.45, 7) is 1.97. The van der Waals surface area contributed by atoms with Crippen molar-refractivity contribution in [1.29, 1.82) is 0 Å². The second-order valence-corrected chi connectivity index (χ2v) is 7.85. The van der Waals surface area contributed by atoms with Gasteiger partial charge >= 0.3 is 0 Å². The number of carbonyl (C=O) groups is 1. The van der Waals surface area contributed by atoms with Crippen LogP contribution in [0.4, 0.5) is 0 Å². The molecule has 2 aromatic rings. The second-order valence-electron chi connectivity index (χ2n) is 5.11. The lowest BCUT2D eigenvalue weighted by Gasteiger charge is -2.04.